The molecule has 2 aromatic heterocycles. The SMILES string of the molecule is C=CCn1cc(CN2CCCC[C@@H]2c2nc3ccccc3[nH]2)c(C)n1. The second-order valence-electron chi connectivity index (χ2n) is 6.87. The lowest BCUT2D eigenvalue weighted by Crippen LogP contribution is -2.33. The number of likely N-dealkylation sites (tertiary alicyclic amines) is 1. The van der Waals surface area contributed by atoms with Crippen LogP contribution in [0.15, 0.2) is 43.1 Å². The molecule has 25 heavy (non-hydrogen) atoms. The fourth-order valence-corrected chi connectivity index (χ4v) is 3.78. The molecular weight excluding hydrogens is 310 g/mol. The molecule has 0 unspecified atom stereocenters. The first kappa shape index (κ1) is 16.1. The van der Waals surface area contributed by atoms with Crippen LogP contribution in [0, 0.1) is 6.92 Å². The number of para-hydroxylation sites is 2. The third-order valence-corrected chi connectivity index (χ3v) is 5.07. The molecule has 5 nitrogen and oxygen atoms in total. The molecule has 1 fully saturated rings. The van der Waals surface area contributed by atoms with Crippen molar-refractivity contribution in [1.82, 2.24) is 24.6 Å². The molecule has 0 amide bonds. The normalized spacial score (nSPS) is 18.7. The number of hydrogen-bond acceptors (Lipinski definition) is 3. The van der Waals surface area contributed by atoms with Crippen LogP contribution in [0.3, 0.4) is 0 Å². The summed E-state index contributed by atoms with van der Waals surface area (Å²) in [5, 5.41) is 4.59. The van der Waals surface area contributed by atoms with E-state index in [2.05, 4.69) is 52.9 Å². The molecule has 1 aliphatic rings. The molecule has 0 saturated carbocycles. The van der Waals surface area contributed by atoms with Gasteiger partial charge in [-0.2, -0.15) is 5.10 Å². The maximum Gasteiger partial charge on any atom is 0.124 e. The van der Waals surface area contributed by atoms with Crippen molar-refractivity contribution in [3.05, 3.63) is 60.2 Å². The second kappa shape index (κ2) is 6.84. The first-order valence-corrected chi connectivity index (χ1v) is 9.07. The van der Waals surface area contributed by atoms with E-state index in [-0.39, 0.29) is 0 Å². The van der Waals surface area contributed by atoms with Crippen molar-refractivity contribution >= 4 is 11.0 Å². The van der Waals surface area contributed by atoms with Crippen LogP contribution in [-0.4, -0.2) is 31.2 Å². The molecule has 130 valence electrons. The van der Waals surface area contributed by atoms with Gasteiger partial charge in [-0.3, -0.25) is 9.58 Å². The van der Waals surface area contributed by atoms with E-state index in [1.54, 1.807) is 0 Å². The summed E-state index contributed by atoms with van der Waals surface area (Å²) in [7, 11) is 0. The Bertz CT molecular complexity index is 842. The number of hydrogen-bond donors (Lipinski definition) is 1. The summed E-state index contributed by atoms with van der Waals surface area (Å²) >= 11 is 0. The number of aromatic nitrogens is 4. The number of aryl methyl sites for hydroxylation is 1. The largest absolute Gasteiger partial charge is 0.341 e. The van der Waals surface area contributed by atoms with E-state index in [1.807, 2.05) is 16.8 Å². The van der Waals surface area contributed by atoms with Crippen LogP contribution in [0.2, 0.25) is 0 Å². The van der Waals surface area contributed by atoms with Gasteiger partial charge in [-0.25, -0.2) is 4.98 Å². The summed E-state index contributed by atoms with van der Waals surface area (Å²) in [6.45, 7) is 8.68. The highest BCUT2D eigenvalue weighted by Crippen LogP contribution is 2.32. The number of benzene rings is 1. The number of allylic oxidation sites excluding steroid dienone is 1. The Balaban J connectivity index is 1.59. The van der Waals surface area contributed by atoms with Crippen LogP contribution in [0.25, 0.3) is 11.0 Å². The zero-order valence-electron chi connectivity index (χ0n) is 14.8. The van der Waals surface area contributed by atoms with E-state index in [9.17, 15) is 0 Å². The van der Waals surface area contributed by atoms with Crippen LogP contribution in [0.5, 0.6) is 0 Å². The zero-order valence-corrected chi connectivity index (χ0v) is 14.8. The molecule has 1 N–H and O–H groups in total. The van der Waals surface area contributed by atoms with E-state index in [4.69, 9.17) is 4.98 Å². The van der Waals surface area contributed by atoms with E-state index in [0.29, 0.717) is 6.04 Å². The first-order chi connectivity index (χ1) is 12.2. The fourth-order valence-electron chi connectivity index (χ4n) is 3.78. The summed E-state index contributed by atoms with van der Waals surface area (Å²) in [6.07, 6.45) is 7.69. The molecule has 1 aliphatic heterocycles. The standard InChI is InChI=1S/C20H25N5/c1-3-11-25-14-16(15(2)23-25)13-24-12-7-6-10-19(24)20-21-17-8-4-5-9-18(17)22-20/h3-5,8-9,14,19H,1,6-7,10-13H2,2H3,(H,21,22)/t19-/m1/s1. The van der Waals surface area contributed by atoms with Gasteiger partial charge in [0.15, 0.2) is 0 Å². The third-order valence-electron chi connectivity index (χ3n) is 5.07. The van der Waals surface area contributed by atoms with Gasteiger partial charge in [0, 0.05) is 18.3 Å². The Hall–Kier alpha value is -2.40. The Kier molecular flexibility index (Phi) is 4.40. The molecule has 5 heteroatoms. The topological polar surface area (TPSA) is 49.7 Å². The minimum Gasteiger partial charge on any atom is -0.341 e. The smallest absolute Gasteiger partial charge is 0.124 e. The highest BCUT2D eigenvalue weighted by Gasteiger charge is 2.27. The number of nitrogens with one attached hydrogen (secondary N) is 1. The van der Waals surface area contributed by atoms with Crippen molar-refractivity contribution in [3.8, 4) is 0 Å². The third kappa shape index (κ3) is 3.24. The number of nitrogens with zero attached hydrogens (tertiary/aromatic N) is 4. The van der Waals surface area contributed by atoms with Crippen LogP contribution in [0.1, 0.15) is 42.4 Å². The van der Waals surface area contributed by atoms with Crippen molar-refractivity contribution in [1.29, 1.82) is 0 Å². The average molecular weight is 335 g/mol. The van der Waals surface area contributed by atoms with Crippen molar-refractivity contribution in [2.24, 2.45) is 0 Å². The maximum absolute atomic E-state index is 4.85. The minimum absolute atomic E-state index is 0.350. The Morgan fingerprint density at radius 1 is 1.32 bits per heavy atom. The summed E-state index contributed by atoms with van der Waals surface area (Å²) in [6, 6.07) is 8.63. The molecule has 0 bridgehead atoms. The summed E-state index contributed by atoms with van der Waals surface area (Å²) < 4.78 is 1.97. The Morgan fingerprint density at radius 3 is 3.04 bits per heavy atom. The Labute approximate surface area is 148 Å². The van der Waals surface area contributed by atoms with Gasteiger partial charge in [0.25, 0.3) is 0 Å². The zero-order chi connectivity index (χ0) is 17.2. The molecule has 1 saturated heterocycles. The molecule has 0 aliphatic carbocycles. The quantitative estimate of drug-likeness (QED) is 0.718. The van der Waals surface area contributed by atoms with E-state index >= 15 is 0 Å². The van der Waals surface area contributed by atoms with E-state index in [1.165, 1.54) is 18.4 Å². The maximum atomic E-state index is 4.85. The number of piperidine rings is 1. The highest BCUT2D eigenvalue weighted by atomic mass is 15.3. The van der Waals surface area contributed by atoms with Crippen LogP contribution < -0.4 is 0 Å². The highest BCUT2D eigenvalue weighted by molar-refractivity contribution is 5.74. The number of imidazole rings is 1. The fraction of sp³-hybridized carbons (Fsp3) is 0.400. The van der Waals surface area contributed by atoms with Gasteiger partial charge in [-0.1, -0.05) is 24.6 Å². The molecule has 3 aromatic rings. The molecule has 1 atom stereocenters. The van der Waals surface area contributed by atoms with Gasteiger partial charge in [-0.15, -0.1) is 6.58 Å². The number of aromatic amines is 1. The van der Waals surface area contributed by atoms with Crippen LogP contribution in [0.4, 0.5) is 0 Å². The summed E-state index contributed by atoms with van der Waals surface area (Å²) in [4.78, 5) is 10.9. The molecular formula is C20H25N5. The minimum atomic E-state index is 0.350. The van der Waals surface area contributed by atoms with Gasteiger partial charge in [0.05, 0.1) is 29.3 Å². The van der Waals surface area contributed by atoms with E-state index in [0.717, 1.165) is 48.6 Å². The lowest BCUT2D eigenvalue weighted by molar-refractivity contribution is 0.134. The van der Waals surface area contributed by atoms with Crippen molar-refractivity contribution in [2.75, 3.05) is 6.54 Å². The van der Waals surface area contributed by atoms with Gasteiger partial charge >= 0.3 is 0 Å². The van der Waals surface area contributed by atoms with Crippen molar-refractivity contribution in [3.63, 3.8) is 0 Å². The summed E-state index contributed by atoms with van der Waals surface area (Å²) in [5.41, 5.74) is 4.58. The monoisotopic (exact) mass is 335 g/mol. The second-order valence-corrected chi connectivity index (χ2v) is 6.87. The van der Waals surface area contributed by atoms with Gasteiger partial charge in [0.1, 0.15) is 5.82 Å². The molecule has 0 radical (unpaired) electrons. The molecule has 3 heterocycles. The lowest BCUT2D eigenvalue weighted by Gasteiger charge is -2.34. The van der Waals surface area contributed by atoms with E-state index < -0.39 is 0 Å². The van der Waals surface area contributed by atoms with Crippen LogP contribution in [-0.2, 0) is 13.1 Å². The predicted octanol–water partition coefficient (Wildman–Crippen LogP) is 3.98. The van der Waals surface area contributed by atoms with Gasteiger partial charge < -0.3 is 4.98 Å². The lowest BCUT2D eigenvalue weighted by atomic mass is 10.0. The van der Waals surface area contributed by atoms with Gasteiger partial charge in [-0.05, 0) is 38.4 Å². The first-order valence-electron chi connectivity index (χ1n) is 9.07. The predicted molar refractivity (Wildman–Crippen MR) is 100 cm³/mol. The number of fused-ring (bicyclic) bond motifs is 1. The molecule has 4 rings (SSSR count). The van der Waals surface area contributed by atoms with Crippen molar-refractivity contribution in [2.45, 2.75) is 45.3 Å². The molecule has 1 aromatic carbocycles. The average Bonchev–Trinajstić information content (AvgIpc) is 3.19. The Morgan fingerprint density at radius 2 is 2.20 bits per heavy atom. The number of rotatable bonds is 5. The van der Waals surface area contributed by atoms with Crippen molar-refractivity contribution < 1.29 is 0 Å². The van der Waals surface area contributed by atoms with Gasteiger partial charge in [0.2, 0.25) is 0 Å². The molecule has 0 spiro atoms. The summed E-state index contributed by atoms with van der Waals surface area (Å²) in [5.74, 6) is 1.09. The van der Waals surface area contributed by atoms with Crippen LogP contribution >= 0.6 is 0 Å². The number of H-pyrrole nitrogens is 1.